The second kappa shape index (κ2) is 4.76. The summed E-state index contributed by atoms with van der Waals surface area (Å²) in [6.45, 7) is 2.71. The Labute approximate surface area is 102 Å². The molecule has 0 saturated carbocycles. The second-order valence-electron chi connectivity index (χ2n) is 3.34. The van der Waals surface area contributed by atoms with Gasteiger partial charge < -0.3 is 5.11 Å². The van der Waals surface area contributed by atoms with Crippen molar-refractivity contribution in [3.8, 4) is 0 Å². The van der Waals surface area contributed by atoms with E-state index < -0.39 is 6.10 Å². The number of hydrogen-bond donors (Lipinski definition) is 1. The Morgan fingerprint density at radius 2 is 2.25 bits per heavy atom. The van der Waals surface area contributed by atoms with Crippen LogP contribution in [0.3, 0.4) is 0 Å². The highest BCUT2D eigenvalue weighted by atomic mass is 79.9. The normalized spacial score (nSPS) is 12.7. The third-order valence-electron chi connectivity index (χ3n) is 2.38. The molecule has 16 heavy (non-hydrogen) atoms. The molecule has 0 bridgehead atoms. The van der Waals surface area contributed by atoms with Crippen LogP contribution in [0.15, 0.2) is 35.1 Å². The number of rotatable bonds is 3. The quantitative estimate of drug-likeness (QED) is 0.938. The van der Waals surface area contributed by atoms with Gasteiger partial charge in [-0.15, -0.1) is 0 Å². The zero-order valence-electron chi connectivity index (χ0n) is 8.84. The molecule has 84 valence electrons. The predicted molar refractivity (Wildman–Crippen MR) is 63.9 cm³/mol. The summed E-state index contributed by atoms with van der Waals surface area (Å²) in [5, 5.41) is 14.3. The van der Waals surface area contributed by atoms with Crippen LogP contribution in [0.2, 0.25) is 0 Å². The first-order valence-corrected chi connectivity index (χ1v) is 5.83. The van der Waals surface area contributed by atoms with E-state index >= 15 is 0 Å². The van der Waals surface area contributed by atoms with Crippen molar-refractivity contribution in [1.82, 2.24) is 14.8 Å². The first-order chi connectivity index (χ1) is 7.74. The van der Waals surface area contributed by atoms with Gasteiger partial charge in [-0.25, -0.2) is 0 Å². The highest BCUT2D eigenvalue weighted by molar-refractivity contribution is 9.10. The van der Waals surface area contributed by atoms with Crippen molar-refractivity contribution in [2.24, 2.45) is 0 Å². The maximum atomic E-state index is 10.2. The van der Waals surface area contributed by atoms with Crippen LogP contribution in [0.5, 0.6) is 0 Å². The second-order valence-corrected chi connectivity index (χ2v) is 4.20. The zero-order valence-corrected chi connectivity index (χ0v) is 10.4. The minimum atomic E-state index is -0.752. The Hall–Kier alpha value is -1.20. The molecule has 0 saturated heterocycles. The van der Waals surface area contributed by atoms with Crippen molar-refractivity contribution < 1.29 is 5.11 Å². The van der Waals surface area contributed by atoms with E-state index in [0.29, 0.717) is 5.69 Å². The highest BCUT2D eigenvalue weighted by Gasteiger charge is 2.18. The van der Waals surface area contributed by atoms with Crippen LogP contribution >= 0.6 is 15.9 Å². The van der Waals surface area contributed by atoms with E-state index in [1.807, 2.05) is 19.1 Å². The maximum Gasteiger partial charge on any atom is 0.139 e. The molecule has 0 aliphatic rings. The summed E-state index contributed by atoms with van der Waals surface area (Å²) in [7, 11) is 0. The van der Waals surface area contributed by atoms with Crippen LogP contribution in [0.4, 0.5) is 0 Å². The fourth-order valence-corrected chi connectivity index (χ4v) is 2.05. The van der Waals surface area contributed by atoms with Crippen molar-refractivity contribution in [3.63, 3.8) is 0 Å². The first kappa shape index (κ1) is 11.3. The number of nitrogens with zero attached hydrogens (tertiary/aromatic N) is 3. The standard InChI is InChI=1S/C11H12BrN3O/c1-2-15-9(5-7-14-15)11(16)10-8(12)4-3-6-13-10/h3-7,11,16H,2H2,1H3. The molecule has 1 N–H and O–H groups in total. The molecule has 0 aromatic carbocycles. The van der Waals surface area contributed by atoms with Gasteiger partial charge in [0.05, 0.1) is 11.4 Å². The number of hydrogen-bond acceptors (Lipinski definition) is 3. The molecular formula is C11H12BrN3O. The summed E-state index contributed by atoms with van der Waals surface area (Å²) in [5.41, 5.74) is 1.36. The Morgan fingerprint density at radius 1 is 1.44 bits per heavy atom. The van der Waals surface area contributed by atoms with E-state index in [0.717, 1.165) is 16.7 Å². The average Bonchev–Trinajstić information content (AvgIpc) is 2.77. The van der Waals surface area contributed by atoms with E-state index in [1.54, 1.807) is 23.1 Å². The van der Waals surface area contributed by atoms with Gasteiger partial charge in [-0.05, 0) is 41.1 Å². The molecule has 1 unspecified atom stereocenters. The Bertz CT molecular complexity index is 484. The molecule has 5 heteroatoms. The molecule has 2 heterocycles. The third kappa shape index (κ3) is 2.01. The summed E-state index contributed by atoms with van der Waals surface area (Å²) in [6.07, 6.45) is 2.59. The van der Waals surface area contributed by atoms with Crippen LogP contribution in [0.25, 0.3) is 0 Å². The van der Waals surface area contributed by atoms with Gasteiger partial charge in [0.2, 0.25) is 0 Å². The monoisotopic (exact) mass is 281 g/mol. The van der Waals surface area contributed by atoms with Crippen molar-refractivity contribution in [2.75, 3.05) is 0 Å². The fourth-order valence-electron chi connectivity index (χ4n) is 1.58. The lowest BCUT2D eigenvalue weighted by Gasteiger charge is -2.12. The molecule has 0 aliphatic heterocycles. The molecule has 2 rings (SSSR count). The molecule has 2 aromatic heterocycles. The van der Waals surface area contributed by atoms with Crippen LogP contribution in [-0.2, 0) is 6.54 Å². The molecule has 0 amide bonds. The van der Waals surface area contributed by atoms with Gasteiger partial charge in [-0.2, -0.15) is 5.10 Å². The predicted octanol–water partition coefficient (Wildman–Crippen LogP) is 2.14. The van der Waals surface area contributed by atoms with Crippen LogP contribution in [0.1, 0.15) is 24.4 Å². The molecular weight excluding hydrogens is 270 g/mol. The summed E-state index contributed by atoms with van der Waals surface area (Å²) >= 11 is 3.38. The Balaban J connectivity index is 2.39. The van der Waals surface area contributed by atoms with Crippen molar-refractivity contribution >= 4 is 15.9 Å². The Morgan fingerprint density at radius 3 is 2.94 bits per heavy atom. The van der Waals surface area contributed by atoms with Crippen LogP contribution in [0, 0.1) is 0 Å². The van der Waals surface area contributed by atoms with E-state index in [9.17, 15) is 5.11 Å². The van der Waals surface area contributed by atoms with Gasteiger partial charge >= 0.3 is 0 Å². The number of halogens is 1. The summed E-state index contributed by atoms with van der Waals surface area (Å²) < 4.78 is 2.55. The average molecular weight is 282 g/mol. The minimum Gasteiger partial charge on any atom is -0.380 e. The molecule has 1 atom stereocenters. The third-order valence-corrected chi connectivity index (χ3v) is 3.05. The first-order valence-electron chi connectivity index (χ1n) is 5.04. The number of aliphatic hydroxyl groups excluding tert-OH is 1. The zero-order chi connectivity index (χ0) is 11.5. The lowest BCUT2D eigenvalue weighted by atomic mass is 10.1. The number of aliphatic hydroxyl groups is 1. The summed E-state index contributed by atoms with van der Waals surface area (Å²) in [5.74, 6) is 0. The number of aromatic nitrogens is 3. The lowest BCUT2D eigenvalue weighted by Crippen LogP contribution is -2.10. The smallest absolute Gasteiger partial charge is 0.139 e. The molecule has 0 fully saturated rings. The van der Waals surface area contributed by atoms with Crippen LogP contribution < -0.4 is 0 Å². The minimum absolute atomic E-state index is 0.609. The molecule has 0 spiro atoms. The van der Waals surface area contributed by atoms with Gasteiger partial charge in [-0.3, -0.25) is 9.67 Å². The molecule has 0 aliphatic carbocycles. The van der Waals surface area contributed by atoms with E-state index in [-0.39, 0.29) is 0 Å². The Kier molecular flexibility index (Phi) is 3.36. The van der Waals surface area contributed by atoms with E-state index in [2.05, 4.69) is 26.0 Å². The molecule has 4 nitrogen and oxygen atoms in total. The van der Waals surface area contributed by atoms with E-state index in [4.69, 9.17) is 0 Å². The number of aryl methyl sites for hydroxylation is 1. The molecule has 2 aromatic rings. The van der Waals surface area contributed by atoms with Crippen LogP contribution in [-0.4, -0.2) is 19.9 Å². The summed E-state index contributed by atoms with van der Waals surface area (Å²) in [4.78, 5) is 4.17. The van der Waals surface area contributed by atoms with Crippen molar-refractivity contribution in [2.45, 2.75) is 19.6 Å². The van der Waals surface area contributed by atoms with Gasteiger partial charge in [0.15, 0.2) is 0 Å². The molecule has 0 radical (unpaired) electrons. The van der Waals surface area contributed by atoms with Gasteiger partial charge in [0.25, 0.3) is 0 Å². The van der Waals surface area contributed by atoms with Crippen molar-refractivity contribution in [1.29, 1.82) is 0 Å². The largest absolute Gasteiger partial charge is 0.380 e. The number of pyridine rings is 1. The lowest BCUT2D eigenvalue weighted by molar-refractivity contribution is 0.202. The maximum absolute atomic E-state index is 10.2. The highest BCUT2D eigenvalue weighted by Crippen LogP contribution is 2.25. The topological polar surface area (TPSA) is 50.9 Å². The SMILES string of the molecule is CCn1nccc1C(O)c1ncccc1Br. The van der Waals surface area contributed by atoms with E-state index in [1.165, 1.54) is 0 Å². The van der Waals surface area contributed by atoms with Gasteiger partial charge in [-0.1, -0.05) is 0 Å². The van der Waals surface area contributed by atoms with Crippen molar-refractivity contribution in [3.05, 3.63) is 46.5 Å². The van der Waals surface area contributed by atoms with Gasteiger partial charge in [0.1, 0.15) is 6.10 Å². The van der Waals surface area contributed by atoms with Gasteiger partial charge in [0, 0.05) is 23.4 Å². The fraction of sp³-hybridized carbons (Fsp3) is 0.273. The summed E-state index contributed by atoms with van der Waals surface area (Å²) in [6, 6.07) is 5.48.